The zero-order valence-electron chi connectivity index (χ0n) is 16.3. The van der Waals surface area contributed by atoms with Crippen LogP contribution >= 0.6 is 0 Å². The molecule has 2 unspecified atom stereocenters. The van der Waals surface area contributed by atoms with Gasteiger partial charge in [-0.25, -0.2) is 0 Å². The van der Waals surface area contributed by atoms with Crippen molar-refractivity contribution in [3.05, 3.63) is 89.5 Å². The summed E-state index contributed by atoms with van der Waals surface area (Å²) in [6.07, 6.45) is 0.186. The summed E-state index contributed by atoms with van der Waals surface area (Å²) < 4.78 is 0. The van der Waals surface area contributed by atoms with E-state index in [9.17, 15) is 4.79 Å². The lowest BCUT2D eigenvalue weighted by Gasteiger charge is -2.57. The Kier molecular flexibility index (Phi) is 3.69. The van der Waals surface area contributed by atoms with Crippen molar-refractivity contribution in [3.8, 4) is 0 Å². The van der Waals surface area contributed by atoms with Crippen LogP contribution in [-0.4, -0.2) is 19.9 Å². The number of anilines is 3. The fraction of sp³-hybridized carbons (Fsp3) is 0.208. The van der Waals surface area contributed by atoms with Crippen LogP contribution in [0.2, 0.25) is 0 Å². The van der Waals surface area contributed by atoms with Crippen molar-refractivity contribution in [1.82, 2.24) is 0 Å². The molecule has 0 saturated carbocycles. The number of fused-ring (bicyclic) bond motifs is 6. The van der Waals surface area contributed by atoms with Crippen LogP contribution in [0.25, 0.3) is 0 Å². The summed E-state index contributed by atoms with van der Waals surface area (Å²) >= 11 is 0. The van der Waals surface area contributed by atoms with Crippen LogP contribution in [-0.2, 0) is 0 Å². The molecule has 0 fully saturated rings. The molecule has 2 heterocycles. The summed E-state index contributed by atoms with van der Waals surface area (Å²) in [7, 11) is 4.33. The number of para-hydroxylation sites is 2. The van der Waals surface area contributed by atoms with Gasteiger partial charge in [0.25, 0.3) is 0 Å². The van der Waals surface area contributed by atoms with E-state index < -0.39 is 0 Å². The Morgan fingerprint density at radius 3 is 1.64 bits per heavy atom. The lowest BCUT2D eigenvalue weighted by atomic mass is 9.92. The van der Waals surface area contributed by atoms with E-state index in [0.717, 1.165) is 11.3 Å². The zero-order chi connectivity index (χ0) is 19.4. The fourth-order valence-electron chi connectivity index (χ4n) is 4.69. The Bertz CT molecular complexity index is 1000. The summed E-state index contributed by atoms with van der Waals surface area (Å²) in [4.78, 5) is 18.9. The summed E-state index contributed by atoms with van der Waals surface area (Å²) in [6, 6.07) is 25.3. The van der Waals surface area contributed by atoms with Crippen LogP contribution in [0.15, 0.2) is 72.8 Å². The lowest BCUT2D eigenvalue weighted by molar-refractivity contribution is 0.101. The smallest absolute Gasteiger partial charge is 0.159 e. The Balaban J connectivity index is 1.74. The molecule has 2 bridgehead atoms. The predicted octanol–water partition coefficient (Wildman–Crippen LogP) is 4.99. The summed E-state index contributed by atoms with van der Waals surface area (Å²) in [5.41, 5.74) is 6.95. The minimum Gasteiger partial charge on any atom is -0.350 e. The summed E-state index contributed by atoms with van der Waals surface area (Å²) in [6.45, 7) is 1.61. The molecule has 0 radical (unpaired) electrons. The van der Waals surface area contributed by atoms with Gasteiger partial charge in [0, 0.05) is 47.8 Å². The molecule has 3 aromatic carbocycles. The van der Waals surface area contributed by atoms with Gasteiger partial charge in [0.15, 0.2) is 5.78 Å². The number of hydrogen-bond acceptors (Lipinski definition) is 4. The molecule has 3 aromatic rings. The number of carbonyl (C=O) groups excluding carboxylic acids is 1. The molecule has 28 heavy (non-hydrogen) atoms. The van der Waals surface area contributed by atoms with Crippen molar-refractivity contribution < 1.29 is 4.79 Å². The van der Waals surface area contributed by atoms with Crippen molar-refractivity contribution in [1.29, 1.82) is 0 Å². The van der Waals surface area contributed by atoms with Crippen molar-refractivity contribution in [2.45, 2.75) is 19.3 Å². The summed E-state index contributed by atoms with van der Waals surface area (Å²) in [5, 5.41) is 0. The van der Waals surface area contributed by atoms with E-state index in [0.29, 0.717) is 0 Å². The number of carbonyl (C=O) groups is 1. The standard InChI is InChI=1S/C24H23N3O/c1-16(28)17-12-14-18(15-13-17)27-23-20-9-5-7-11-22(20)26(3)24(27)19-8-4-6-10-21(19)25(23)2/h4-15,23-24H,1-3H3. The Labute approximate surface area is 165 Å². The van der Waals surface area contributed by atoms with E-state index in [-0.39, 0.29) is 18.1 Å². The first-order chi connectivity index (χ1) is 13.6. The van der Waals surface area contributed by atoms with E-state index in [2.05, 4.69) is 89.5 Å². The molecule has 0 aliphatic carbocycles. The highest BCUT2D eigenvalue weighted by atomic mass is 16.1. The molecular weight excluding hydrogens is 346 g/mol. The highest BCUT2D eigenvalue weighted by Crippen LogP contribution is 2.53. The molecule has 0 amide bonds. The van der Waals surface area contributed by atoms with Crippen molar-refractivity contribution >= 4 is 22.8 Å². The first-order valence-electron chi connectivity index (χ1n) is 9.61. The molecule has 0 aromatic heterocycles. The average molecular weight is 369 g/mol. The number of hydrogen-bond donors (Lipinski definition) is 0. The van der Waals surface area contributed by atoms with Crippen LogP contribution in [0.1, 0.15) is 40.7 Å². The van der Waals surface area contributed by atoms with Gasteiger partial charge in [-0.15, -0.1) is 0 Å². The van der Waals surface area contributed by atoms with Gasteiger partial charge in [0.2, 0.25) is 0 Å². The zero-order valence-corrected chi connectivity index (χ0v) is 16.3. The van der Waals surface area contributed by atoms with Gasteiger partial charge in [-0.1, -0.05) is 36.4 Å². The van der Waals surface area contributed by atoms with Gasteiger partial charge in [-0.2, -0.15) is 0 Å². The number of nitrogens with zero attached hydrogens (tertiary/aromatic N) is 3. The molecule has 4 nitrogen and oxygen atoms in total. The molecule has 0 N–H and O–H groups in total. The van der Waals surface area contributed by atoms with Crippen LogP contribution in [0.4, 0.5) is 17.1 Å². The number of Topliss-reactive ketones (excluding diaryl/α,β-unsaturated/α-hetero) is 1. The monoisotopic (exact) mass is 369 g/mol. The quantitative estimate of drug-likeness (QED) is 0.595. The van der Waals surface area contributed by atoms with E-state index in [1.807, 2.05) is 12.1 Å². The van der Waals surface area contributed by atoms with Gasteiger partial charge in [0.1, 0.15) is 12.3 Å². The molecule has 2 atom stereocenters. The van der Waals surface area contributed by atoms with Crippen LogP contribution in [0, 0.1) is 0 Å². The molecular formula is C24H23N3O. The molecule has 5 rings (SSSR count). The maximum Gasteiger partial charge on any atom is 0.159 e. The van der Waals surface area contributed by atoms with Crippen molar-refractivity contribution in [2.24, 2.45) is 0 Å². The lowest BCUT2D eigenvalue weighted by Crippen LogP contribution is -2.55. The second-order valence-corrected chi connectivity index (χ2v) is 7.60. The minimum absolute atomic E-state index is 0.0929. The van der Waals surface area contributed by atoms with Gasteiger partial charge < -0.3 is 14.7 Å². The van der Waals surface area contributed by atoms with Crippen LogP contribution in [0.3, 0.4) is 0 Å². The van der Waals surface area contributed by atoms with Crippen molar-refractivity contribution in [2.75, 3.05) is 28.8 Å². The van der Waals surface area contributed by atoms with Crippen LogP contribution < -0.4 is 14.7 Å². The minimum atomic E-state index is 0.0929. The highest BCUT2D eigenvalue weighted by molar-refractivity contribution is 5.94. The molecule has 0 spiro atoms. The Morgan fingerprint density at radius 1 is 0.714 bits per heavy atom. The number of benzene rings is 3. The van der Waals surface area contributed by atoms with E-state index in [1.54, 1.807) is 6.92 Å². The fourth-order valence-corrected chi connectivity index (χ4v) is 4.69. The van der Waals surface area contributed by atoms with Crippen molar-refractivity contribution in [3.63, 3.8) is 0 Å². The molecule has 0 saturated heterocycles. The molecule has 4 heteroatoms. The number of rotatable bonds is 2. The molecule has 2 aliphatic rings. The van der Waals surface area contributed by atoms with Gasteiger partial charge in [0.05, 0.1) is 0 Å². The van der Waals surface area contributed by atoms with Gasteiger partial charge >= 0.3 is 0 Å². The van der Waals surface area contributed by atoms with Gasteiger partial charge in [-0.05, 0) is 43.3 Å². The highest BCUT2D eigenvalue weighted by Gasteiger charge is 2.45. The third-order valence-electron chi connectivity index (χ3n) is 6.02. The third-order valence-corrected chi connectivity index (χ3v) is 6.02. The summed E-state index contributed by atoms with van der Waals surface area (Å²) in [5.74, 6) is 0.0929. The molecule has 2 aliphatic heterocycles. The largest absolute Gasteiger partial charge is 0.350 e. The number of ketones is 1. The first-order valence-corrected chi connectivity index (χ1v) is 9.61. The first kappa shape index (κ1) is 16.9. The normalized spacial score (nSPS) is 19.9. The SMILES string of the molecule is CC(=O)c1ccc(N2C3c4ccccc4N(C)C2c2ccccc2N3C)cc1. The van der Waals surface area contributed by atoms with E-state index in [4.69, 9.17) is 0 Å². The maximum atomic E-state index is 11.7. The topological polar surface area (TPSA) is 26.8 Å². The van der Waals surface area contributed by atoms with Crippen LogP contribution in [0.5, 0.6) is 0 Å². The second-order valence-electron chi connectivity index (χ2n) is 7.60. The van der Waals surface area contributed by atoms with Gasteiger partial charge in [-0.3, -0.25) is 4.79 Å². The van der Waals surface area contributed by atoms with E-state index >= 15 is 0 Å². The second kappa shape index (κ2) is 6.13. The third kappa shape index (κ3) is 2.27. The Morgan fingerprint density at radius 2 is 1.18 bits per heavy atom. The maximum absolute atomic E-state index is 11.7. The average Bonchev–Trinajstić information content (AvgIpc) is 2.73. The predicted molar refractivity (Wildman–Crippen MR) is 114 cm³/mol. The molecule has 140 valence electrons. The Hall–Kier alpha value is -3.27. The van der Waals surface area contributed by atoms with E-state index in [1.165, 1.54) is 22.5 Å².